The van der Waals surface area contributed by atoms with E-state index in [1.165, 1.54) is 0 Å². The van der Waals surface area contributed by atoms with E-state index in [1.807, 2.05) is 54.6 Å². The number of carbonyl (C=O) groups excluding carboxylic acids is 1. The molecule has 0 heterocycles. The Bertz CT molecular complexity index is 802. The summed E-state index contributed by atoms with van der Waals surface area (Å²) in [5.41, 5.74) is 2.72. The van der Waals surface area contributed by atoms with E-state index < -0.39 is 17.8 Å². The van der Waals surface area contributed by atoms with Crippen LogP contribution in [0.5, 0.6) is 0 Å². The molecule has 2 N–H and O–H groups in total. The molecule has 2 aliphatic rings. The summed E-state index contributed by atoms with van der Waals surface area (Å²) in [5.74, 6) is -1.58. The minimum Gasteiger partial charge on any atom is -0.481 e. The third kappa shape index (κ3) is 2.82. The van der Waals surface area contributed by atoms with Crippen molar-refractivity contribution in [1.29, 1.82) is 0 Å². The molecule has 4 atom stereocenters. The van der Waals surface area contributed by atoms with Crippen molar-refractivity contribution in [3.8, 4) is 11.1 Å². The van der Waals surface area contributed by atoms with Crippen LogP contribution in [0.15, 0.2) is 54.6 Å². The van der Waals surface area contributed by atoms with Gasteiger partial charge in [0.1, 0.15) is 0 Å². The molecular formula is C21H21NO3. The summed E-state index contributed by atoms with van der Waals surface area (Å²) in [7, 11) is 0. The molecule has 2 aromatic carbocycles. The maximum Gasteiger partial charge on any atom is 0.307 e. The standard InChI is InChI=1S/C21H21NO3/c23-20(18-14-10-11-15(12-14)19(18)21(24)25)22-17-9-5-4-8-16(17)13-6-2-1-3-7-13/h1-9,14-15,18-19H,10-12H2,(H,22,23)(H,24,25)/t14-,15-,18+,19-/m0/s1. The summed E-state index contributed by atoms with van der Waals surface area (Å²) in [5, 5.41) is 12.6. The van der Waals surface area contributed by atoms with E-state index in [4.69, 9.17) is 0 Å². The van der Waals surface area contributed by atoms with Gasteiger partial charge in [0.2, 0.25) is 5.91 Å². The van der Waals surface area contributed by atoms with E-state index in [1.54, 1.807) is 0 Å². The molecule has 0 aliphatic heterocycles. The highest BCUT2D eigenvalue weighted by Crippen LogP contribution is 2.52. The Morgan fingerprint density at radius 2 is 1.52 bits per heavy atom. The molecule has 4 rings (SSSR count). The average Bonchev–Trinajstić information content (AvgIpc) is 3.24. The average molecular weight is 335 g/mol. The number of hydrogen-bond acceptors (Lipinski definition) is 2. The maximum atomic E-state index is 12.9. The number of carboxylic acid groups (broad SMARTS) is 1. The van der Waals surface area contributed by atoms with Gasteiger partial charge in [-0.3, -0.25) is 9.59 Å². The summed E-state index contributed by atoms with van der Waals surface area (Å²) in [4.78, 5) is 24.6. The van der Waals surface area contributed by atoms with Crippen molar-refractivity contribution in [3.63, 3.8) is 0 Å². The molecule has 1 amide bonds. The highest BCUT2D eigenvalue weighted by atomic mass is 16.4. The van der Waals surface area contributed by atoms with E-state index in [-0.39, 0.29) is 17.7 Å². The molecule has 0 saturated heterocycles. The number of fused-ring (bicyclic) bond motifs is 2. The van der Waals surface area contributed by atoms with Crippen molar-refractivity contribution in [2.24, 2.45) is 23.7 Å². The molecule has 25 heavy (non-hydrogen) atoms. The number of carbonyl (C=O) groups is 2. The Labute approximate surface area is 146 Å². The quantitative estimate of drug-likeness (QED) is 0.886. The number of amides is 1. The Morgan fingerprint density at radius 1 is 0.880 bits per heavy atom. The van der Waals surface area contributed by atoms with Gasteiger partial charge < -0.3 is 10.4 Å². The van der Waals surface area contributed by atoms with Gasteiger partial charge in [0.05, 0.1) is 11.8 Å². The molecule has 2 saturated carbocycles. The maximum absolute atomic E-state index is 12.9. The van der Waals surface area contributed by atoms with Crippen LogP contribution in [0, 0.1) is 23.7 Å². The zero-order valence-electron chi connectivity index (χ0n) is 13.9. The molecular weight excluding hydrogens is 314 g/mol. The lowest BCUT2D eigenvalue weighted by atomic mass is 9.78. The molecule has 0 unspecified atom stereocenters. The highest BCUT2D eigenvalue weighted by Gasteiger charge is 2.54. The van der Waals surface area contributed by atoms with Gasteiger partial charge in [0, 0.05) is 11.3 Å². The summed E-state index contributed by atoms with van der Waals surface area (Å²) in [6.45, 7) is 0. The Hall–Kier alpha value is -2.62. The normalized spacial score (nSPS) is 27.2. The number of benzene rings is 2. The first kappa shape index (κ1) is 15.9. The van der Waals surface area contributed by atoms with E-state index in [0.29, 0.717) is 0 Å². The minimum atomic E-state index is -0.830. The van der Waals surface area contributed by atoms with Crippen LogP contribution in [0.3, 0.4) is 0 Å². The molecule has 4 heteroatoms. The van der Waals surface area contributed by atoms with Crippen LogP contribution in [0.25, 0.3) is 11.1 Å². The zero-order valence-corrected chi connectivity index (χ0v) is 13.9. The Morgan fingerprint density at radius 3 is 2.24 bits per heavy atom. The second-order valence-electron chi connectivity index (χ2n) is 7.12. The number of carboxylic acids is 1. The first-order chi connectivity index (χ1) is 12.1. The lowest BCUT2D eigenvalue weighted by Gasteiger charge is -2.27. The van der Waals surface area contributed by atoms with Crippen LogP contribution in [-0.4, -0.2) is 17.0 Å². The summed E-state index contributed by atoms with van der Waals surface area (Å²) < 4.78 is 0. The predicted molar refractivity (Wildman–Crippen MR) is 96.0 cm³/mol. The van der Waals surface area contributed by atoms with E-state index in [9.17, 15) is 14.7 Å². The fourth-order valence-electron chi connectivity index (χ4n) is 4.70. The van der Waals surface area contributed by atoms with Gasteiger partial charge in [-0.2, -0.15) is 0 Å². The SMILES string of the molecule is O=C(Nc1ccccc1-c1ccccc1)[C@@H]1[C@H]2CC[C@@H](C2)[C@@H]1C(=O)O. The summed E-state index contributed by atoms with van der Waals surface area (Å²) >= 11 is 0. The first-order valence-electron chi connectivity index (χ1n) is 8.83. The van der Waals surface area contributed by atoms with Gasteiger partial charge in [-0.15, -0.1) is 0 Å². The van der Waals surface area contributed by atoms with Gasteiger partial charge >= 0.3 is 5.97 Å². The van der Waals surface area contributed by atoms with Crippen molar-refractivity contribution in [3.05, 3.63) is 54.6 Å². The topological polar surface area (TPSA) is 66.4 Å². The van der Waals surface area contributed by atoms with E-state index >= 15 is 0 Å². The number of rotatable bonds is 4. The molecule has 4 nitrogen and oxygen atoms in total. The third-order valence-electron chi connectivity index (χ3n) is 5.77. The second-order valence-corrected chi connectivity index (χ2v) is 7.12. The molecule has 2 aliphatic carbocycles. The largest absolute Gasteiger partial charge is 0.481 e. The first-order valence-corrected chi connectivity index (χ1v) is 8.83. The van der Waals surface area contributed by atoms with Crippen LogP contribution in [0.4, 0.5) is 5.69 Å². The molecule has 0 radical (unpaired) electrons. The van der Waals surface area contributed by atoms with Crippen LogP contribution < -0.4 is 5.32 Å². The molecule has 0 aromatic heterocycles. The lowest BCUT2D eigenvalue weighted by molar-refractivity contribution is -0.148. The smallest absolute Gasteiger partial charge is 0.307 e. The van der Waals surface area contributed by atoms with Crippen molar-refractivity contribution < 1.29 is 14.7 Å². The minimum absolute atomic E-state index is 0.150. The second kappa shape index (κ2) is 6.36. The number of para-hydroxylation sites is 1. The Balaban J connectivity index is 1.61. The monoisotopic (exact) mass is 335 g/mol. The van der Waals surface area contributed by atoms with Crippen LogP contribution in [-0.2, 0) is 9.59 Å². The van der Waals surface area contributed by atoms with Crippen LogP contribution >= 0.6 is 0 Å². The van der Waals surface area contributed by atoms with Gasteiger partial charge in [-0.1, -0.05) is 48.5 Å². The number of nitrogens with one attached hydrogen (secondary N) is 1. The zero-order chi connectivity index (χ0) is 17.4. The third-order valence-corrected chi connectivity index (χ3v) is 5.77. The Kier molecular flexibility index (Phi) is 4.04. The molecule has 0 spiro atoms. The van der Waals surface area contributed by atoms with Gasteiger partial charge in [0.15, 0.2) is 0 Å². The number of hydrogen-bond donors (Lipinski definition) is 2. The summed E-state index contributed by atoms with van der Waals surface area (Å²) in [6, 6.07) is 17.6. The van der Waals surface area contributed by atoms with Crippen molar-refractivity contribution in [2.45, 2.75) is 19.3 Å². The van der Waals surface area contributed by atoms with Gasteiger partial charge in [0.25, 0.3) is 0 Å². The van der Waals surface area contributed by atoms with Crippen LogP contribution in [0.1, 0.15) is 19.3 Å². The number of anilines is 1. The molecule has 2 fully saturated rings. The van der Waals surface area contributed by atoms with Crippen LogP contribution in [0.2, 0.25) is 0 Å². The van der Waals surface area contributed by atoms with Gasteiger partial charge in [-0.05, 0) is 42.7 Å². The predicted octanol–water partition coefficient (Wildman–Crippen LogP) is 4.04. The van der Waals surface area contributed by atoms with Crippen molar-refractivity contribution in [2.75, 3.05) is 5.32 Å². The fraction of sp³-hybridized carbons (Fsp3) is 0.333. The van der Waals surface area contributed by atoms with Gasteiger partial charge in [-0.25, -0.2) is 0 Å². The molecule has 2 aromatic rings. The van der Waals surface area contributed by atoms with E-state index in [2.05, 4.69) is 5.32 Å². The summed E-state index contributed by atoms with van der Waals surface area (Å²) in [6.07, 6.45) is 2.77. The van der Waals surface area contributed by atoms with E-state index in [0.717, 1.165) is 36.1 Å². The molecule has 128 valence electrons. The molecule has 2 bridgehead atoms. The van der Waals surface area contributed by atoms with Crippen molar-refractivity contribution >= 4 is 17.6 Å². The van der Waals surface area contributed by atoms with Crippen molar-refractivity contribution in [1.82, 2.24) is 0 Å². The fourth-order valence-corrected chi connectivity index (χ4v) is 4.70. The highest BCUT2D eigenvalue weighted by molar-refractivity contribution is 5.99. The lowest BCUT2D eigenvalue weighted by Crippen LogP contribution is -2.37. The number of aliphatic carboxylic acids is 1.